The SMILES string of the molecule is CC1CCN(C(C)CNC(=O)Cn2nc(-c3ccccc3)ccc2=O)CC1. The average molecular weight is 368 g/mol. The maximum absolute atomic E-state index is 12.3. The second kappa shape index (κ2) is 8.95. The third kappa shape index (κ3) is 5.26. The van der Waals surface area contributed by atoms with Crippen molar-refractivity contribution in [1.29, 1.82) is 0 Å². The second-order valence-electron chi connectivity index (χ2n) is 7.45. The van der Waals surface area contributed by atoms with Gasteiger partial charge in [0.15, 0.2) is 0 Å². The highest BCUT2D eigenvalue weighted by molar-refractivity contribution is 5.75. The molecule has 0 aliphatic carbocycles. The average Bonchev–Trinajstić information content (AvgIpc) is 2.69. The van der Waals surface area contributed by atoms with E-state index in [1.807, 2.05) is 30.3 Å². The molecule has 1 amide bonds. The Balaban J connectivity index is 1.57. The standard InChI is InChI=1S/C21H28N4O2/c1-16-10-12-24(13-11-16)17(2)14-22-20(26)15-25-21(27)9-8-19(23-25)18-6-4-3-5-7-18/h3-9,16-17H,10-15H2,1-2H3,(H,22,26). The Labute approximate surface area is 160 Å². The van der Waals surface area contributed by atoms with Crippen molar-refractivity contribution in [3.05, 3.63) is 52.8 Å². The lowest BCUT2D eigenvalue weighted by atomic mass is 9.98. The van der Waals surface area contributed by atoms with Crippen molar-refractivity contribution in [2.45, 2.75) is 39.3 Å². The minimum absolute atomic E-state index is 0.0662. The molecule has 6 heteroatoms. The van der Waals surface area contributed by atoms with Crippen LogP contribution in [0.1, 0.15) is 26.7 Å². The first-order chi connectivity index (χ1) is 13.0. The molecule has 6 nitrogen and oxygen atoms in total. The lowest BCUT2D eigenvalue weighted by Gasteiger charge is -2.35. The normalized spacial score (nSPS) is 16.8. The van der Waals surface area contributed by atoms with E-state index in [1.165, 1.54) is 23.6 Å². The number of likely N-dealkylation sites (tertiary alicyclic amines) is 1. The van der Waals surface area contributed by atoms with E-state index in [0.29, 0.717) is 18.3 Å². The van der Waals surface area contributed by atoms with Crippen molar-refractivity contribution < 1.29 is 4.79 Å². The molecular weight excluding hydrogens is 340 g/mol. The fourth-order valence-corrected chi connectivity index (χ4v) is 3.38. The van der Waals surface area contributed by atoms with Gasteiger partial charge in [0.1, 0.15) is 6.54 Å². The maximum Gasteiger partial charge on any atom is 0.267 e. The number of nitrogens with one attached hydrogen (secondary N) is 1. The molecular formula is C21H28N4O2. The number of nitrogens with zero attached hydrogens (tertiary/aromatic N) is 3. The third-order valence-electron chi connectivity index (χ3n) is 5.27. The fourth-order valence-electron chi connectivity index (χ4n) is 3.38. The first kappa shape index (κ1) is 19.3. The summed E-state index contributed by atoms with van der Waals surface area (Å²) in [5, 5.41) is 7.29. The number of piperidine rings is 1. The van der Waals surface area contributed by atoms with Crippen LogP contribution in [-0.2, 0) is 11.3 Å². The quantitative estimate of drug-likeness (QED) is 0.848. The zero-order valence-corrected chi connectivity index (χ0v) is 16.1. The predicted octanol–water partition coefficient (Wildman–Crippen LogP) is 2.15. The van der Waals surface area contributed by atoms with E-state index in [4.69, 9.17) is 0 Å². The van der Waals surface area contributed by atoms with Crippen molar-refractivity contribution in [3.63, 3.8) is 0 Å². The number of amides is 1. The van der Waals surface area contributed by atoms with Crippen LogP contribution in [0.25, 0.3) is 11.3 Å². The van der Waals surface area contributed by atoms with Crippen molar-refractivity contribution in [1.82, 2.24) is 20.0 Å². The maximum atomic E-state index is 12.3. The molecule has 1 aromatic carbocycles. The van der Waals surface area contributed by atoms with Crippen LogP contribution in [0.2, 0.25) is 0 Å². The van der Waals surface area contributed by atoms with Crippen LogP contribution in [0.5, 0.6) is 0 Å². The van der Waals surface area contributed by atoms with Crippen LogP contribution >= 0.6 is 0 Å². The fraction of sp³-hybridized carbons (Fsp3) is 0.476. The van der Waals surface area contributed by atoms with Crippen LogP contribution in [0.3, 0.4) is 0 Å². The summed E-state index contributed by atoms with van der Waals surface area (Å²) in [6.45, 7) is 7.11. The van der Waals surface area contributed by atoms with Crippen molar-refractivity contribution >= 4 is 5.91 Å². The van der Waals surface area contributed by atoms with Gasteiger partial charge < -0.3 is 5.32 Å². The molecule has 27 heavy (non-hydrogen) atoms. The first-order valence-corrected chi connectivity index (χ1v) is 9.67. The number of rotatable bonds is 6. The third-order valence-corrected chi connectivity index (χ3v) is 5.27. The van der Waals surface area contributed by atoms with E-state index in [-0.39, 0.29) is 18.0 Å². The topological polar surface area (TPSA) is 67.2 Å². The summed E-state index contributed by atoms with van der Waals surface area (Å²) >= 11 is 0. The molecule has 1 aliphatic heterocycles. The summed E-state index contributed by atoms with van der Waals surface area (Å²) in [5.41, 5.74) is 1.32. The van der Waals surface area contributed by atoms with Gasteiger partial charge in [0.05, 0.1) is 5.69 Å². The van der Waals surface area contributed by atoms with Gasteiger partial charge in [0, 0.05) is 24.2 Å². The Morgan fingerprint density at radius 3 is 2.59 bits per heavy atom. The molecule has 0 bridgehead atoms. The monoisotopic (exact) mass is 368 g/mol. The first-order valence-electron chi connectivity index (χ1n) is 9.67. The van der Waals surface area contributed by atoms with Crippen molar-refractivity contribution in [2.24, 2.45) is 5.92 Å². The summed E-state index contributed by atoms with van der Waals surface area (Å²) in [4.78, 5) is 26.8. The van der Waals surface area contributed by atoms with Gasteiger partial charge >= 0.3 is 0 Å². The zero-order valence-electron chi connectivity index (χ0n) is 16.1. The molecule has 1 N–H and O–H groups in total. The Morgan fingerprint density at radius 1 is 1.19 bits per heavy atom. The molecule has 0 radical (unpaired) electrons. The van der Waals surface area contributed by atoms with Gasteiger partial charge in [-0.2, -0.15) is 5.10 Å². The van der Waals surface area contributed by atoms with Crippen LogP contribution in [0, 0.1) is 5.92 Å². The number of hydrogen-bond acceptors (Lipinski definition) is 4. The largest absolute Gasteiger partial charge is 0.353 e. The summed E-state index contributed by atoms with van der Waals surface area (Å²) in [6.07, 6.45) is 2.42. The van der Waals surface area contributed by atoms with E-state index in [9.17, 15) is 9.59 Å². The van der Waals surface area contributed by atoms with Crippen LogP contribution in [0.4, 0.5) is 0 Å². The van der Waals surface area contributed by atoms with E-state index in [1.54, 1.807) is 6.07 Å². The number of carbonyl (C=O) groups is 1. The Kier molecular flexibility index (Phi) is 6.40. The molecule has 144 valence electrons. The van der Waals surface area contributed by atoms with Crippen molar-refractivity contribution in [2.75, 3.05) is 19.6 Å². The molecule has 2 aromatic rings. The molecule has 2 heterocycles. The Hall–Kier alpha value is -2.47. The molecule has 1 atom stereocenters. The highest BCUT2D eigenvalue weighted by Gasteiger charge is 2.20. The molecule has 1 saturated heterocycles. The van der Waals surface area contributed by atoms with Gasteiger partial charge in [0.25, 0.3) is 5.56 Å². The van der Waals surface area contributed by atoms with Crippen LogP contribution in [-0.4, -0.2) is 46.3 Å². The van der Waals surface area contributed by atoms with E-state index in [2.05, 4.69) is 29.2 Å². The van der Waals surface area contributed by atoms with Crippen LogP contribution < -0.4 is 10.9 Å². The molecule has 0 spiro atoms. The highest BCUT2D eigenvalue weighted by Crippen LogP contribution is 2.17. The number of aromatic nitrogens is 2. The Bertz CT molecular complexity index is 810. The van der Waals surface area contributed by atoms with Gasteiger partial charge in [-0.25, -0.2) is 4.68 Å². The Morgan fingerprint density at radius 2 is 1.89 bits per heavy atom. The van der Waals surface area contributed by atoms with Gasteiger partial charge in [-0.05, 0) is 44.8 Å². The molecule has 0 saturated carbocycles. The van der Waals surface area contributed by atoms with E-state index < -0.39 is 0 Å². The minimum atomic E-state index is -0.275. The lowest BCUT2D eigenvalue weighted by Crippen LogP contribution is -2.46. The lowest BCUT2D eigenvalue weighted by molar-refractivity contribution is -0.122. The summed E-state index contributed by atoms with van der Waals surface area (Å²) in [7, 11) is 0. The summed E-state index contributed by atoms with van der Waals surface area (Å²) in [6, 6.07) is 13.1. The summed E-state index contributed by atoms with van der Waals surface area (Å²) in [5.74, 6) is 0.602. The number of carbonyl (C=O) groups excluding carboxylic acids is 1. The predicted molar refractivity (Wildman–Crippen MR) is 106 cm³/mol. The molecule has 1 aromatic heterocycles. The number of hydrogen-bond donors (Lipinski definition) is 1. The van der Waals surface area contributed by atoms with Gasteiger partial charge in [0.2, 0.25) is 5.91 Å². The minimum Gasteiger partial charge on any atom is -0.353 e. The second-order valence-corrected chi connectivity index (χ2v) is 7.45. The zero-order chi connectivity index (χ0) is 19.2. The smallest absolute Gasteiger partial charge is 0.267 e. The van der Waals surface area contributed by atoms with E-state index >= 15 is 0 Å². The molecule has 1 aliphatic rings. The molecule has 1 unspecified atom stereocenters. The van der Waals surface area contributed by atoms with Gasteiger partial charge in [-0.3, -0.25) is 14.5 Å². The molecule has 1 fully saturated rings. The van der Waals surface area contributed by atoms with Crippen LogP contribution in [0.15, 0.2) is 47.3 Å². The van der Waals surface area contributed by atoms with Gasteiger partial charge in [-0.1, -0.05) is 37.3 Å². The van der Waals surface area contributed by atoms with E-state index in [0.717, 1.165) is 24.6 Å². The van der Waals surface area contributed by atoms with Crippen molar-refractivity contribution in [3.8, 4) is 11.3 Å². The molecule has 3 rings (SSSR count). The highest BCUT2D eigenvalue weighted by atomic mass is 16.2. The van der Waals surface area contributed by atoms with Gasteiger partial charge in [-0.15, -0.1) is 0 Å². The summed E-state index contributed by atoms with van der Waals surface area (Å²) < 4.78 is 1.23. The number of benzene rings is 1.